The van der Waals surface area contributed by atoms with Gasteiger partial charge in [0.25, 0.3) is 0 Å². The zero-order valence-electron chi connectivity index (χ0n) is 16.2. The first-order valence-corrected chi connectivity index (χ1v) is 10.3. The van der Waals surface area contributed by atoms with Crippen LogP contribution in [0.2, 0.25) is 0 Å². The Morgan fingerprint density at radius 2 is 1.86 bits per heavy atom. The Morgan fingerprint density at radius 3 is 2.43 bits per heavy atom. The van der Waals surface area contributed by atoms with Gasteiger partial charge in [0.15, 0.2) is 11.5 Å². The summed E-state index contributed by atoms with van der Waals surface area (Å²) in [6, 6.07) is 3.76. The number of esters is 1. The van der Waals surface area contributed by atoms with Crippen molar-refractivity contribution in [2.24, 2.45) is 0 Å². The number of carbonyl (C=O) groups is 2. The monoisotopic (exact) mass is 412 g/mol. The molecule has 2 rings (SSSR count). The van der Waals surface area contributed by atoms with Gasteiger partial charge in [-0.2, -0.15) is 0 Å². The van der Waals surface area contributed by atoms with Gasteiger partial charge in [0.1, 0.15) is 6.04 Å². The molecule has 1 amide bonds. The number of rotatable bonds is 7. The molecule has 2 atom stereocenters. The fraction of sp³-hybridized carbons (Fsp3) is 0.444. The first kappa shape index (κ1) is 21.7. The van der Waals surface area contributed by atoms with Gasteiger partial charge in [-0.25, -0.2) is 17.9 Å². The number of amides is 1. The predicted molar refractivity (Wildman–Crippen MR) is 102 cm³/mol. The first-order chi connectivity index (χ1) is 13.2. The summed E-state index contributed by atoms with van der Waals surface area (Å²) in [5, 5.41) is 0. The number of carbonyl (C=O) groups excluding carboxylic acids is 2. The van der Waals surface area contributed by atoms with Crippen LogP contribution in [0.15, 0.2) is 24.3 Å². The lowest BCUT2D eigenvalue weighted by atomic mass is 10.1. The molecule has 0 aromatic heterocycles. The Morgan fingerprint density at radius 1 is 1.18 bits per heavy atom. The van der Waals surface area contributed by atoms with E-state index < -0.39 is 34.0 Å². The molecule has 0 saturated carbocycles. The predicted octanol–water partition coefficient (Wildman–Crippen LogP) is 0.409. The third kappa shape index (κ3) is 5.46. The average Bonchev–Trinajstić information content (AvgIpc) is 3.07. The molecule has 1 aliphatic heterocycles. The van der Waals surface area contributed by atoms with Crippen LogP contribution in [0.5, 0.6) is 11.5 Å². The van der Waals surface area contributed by atoms with Crippen molar-refractivity contribution in [1.82, 2.24) is 9.62 Å². The molecule has 1 aromatic rings. The number of sulfonamides is 1. The summed E-state index contributed by atoms with van der Waals surface area (Å²) in [5.74, 6) is 0.0581. The summed E-state index contributed by atoms with van der Waals surface area (Å²) in [6.45, 7) is 0.0714. The van der Waals surface area contributed by atoms with Crippen LogP contribution in [0.1, 0.15) is 12.0 Å². The molecule has 0 bridgehead atoms. The average molecular weight is 412 g/mol. The fourth-order valence-corrected chi connectivity index (χ4v) is 3.82. The normalized spacial score (nSPS) is 19.6. The van der Waals surface area contributed by atoms with Gasteiger partial charge in [0.05, 0.1) is 27.6 Å². The molecule has 1 aliphatic rings. The number of nitrogens with one attached hydrogen (secondary N) is 1. The van der Waals surface area contributed by atoms with E-state index in [0.29, 0.717) is 17.1 Å². The van der Waals surface area contributed by atoms with Gasteiger partial charge < -0.3 is 19.1 Å². The van der Waals surface area contributed by atoms with Crippen molar-refractivity contribution in [3.8, 4) is 11.5 Å². The van der Waals surface area contributed by atoms with Crippen molar-refractivity contribution in [2.45, 2.75) is 18.5 Å². The summed E-state index contributed by atoms with van der Waals surface area (Å²) >= 11 is 0. The van der Waals surface area contributed by atoms with E-state index in [9.17, 15) is 18.0 Å². The van der Waals surface area contributed by atoms with Crippen LogP contribution in [0.3, 0.4) is 0 Å². The van der Waals surface area contributed by atoms with Crippen LogP contribution >= 0.6 is 0 Å². The molecule has 9 nitrogen and oxygen atoms in total. The molecule has 1 fully saturated rings. The van der Waals surface area contributed by atoms with Crippen LogP contribution in [0, 0.1) is 0 Å². The molecule has 0 spiro atoms. The number of hydrogen-bond acceptors (Lipinski definition) is 7. The van der Waals surface area contributed by atoms with Gasteiger partial charge in [-0.05, 0) is 30.2 Å². The lowest BCUT2D eigenvalue weighted by molar-refractivity contribution is -0.149. The summed E-state index contributed by atoms with van der Waals surface area (Å²) in [5.41, 5.74) is 0.700. The van der Waals surface area contributed by atoms with Crippen LogP contribution in [0.25, 0.3) is 6.08 Å². The van der Waals surface area contributed by atoms with E-state index in [1.807, 2.05) is 0 Å². The van der Waals surface area contributed by atoms with Gasteiger partial charge >= 0.3 is 5.97 Å². The minimum absolute atomic E-state index is 0.0714. The van der Waals surface area contributed by atoms with E-state index in [1.165, 1.54) is 32.3 Å². The maximum absolute atomic E-state index is 12.6. The van der Waals surface area contributed by atoms with Crippen molar-refractivity contribution in [2.75, 3.05) is 34.1 Å². The lowest BCUT2D eigenvalue weighted by Crippen LogP contribution is -2.41. The van der Waals surface area contributed by atoms with Crippen molar-refractivity contribution in [3.05, 3.63) is 29.8 Å². The van der Waals surface area contributed by atoms with Gasteiger partial charge in [-0.15, -0.1) is 0 Å². The maximum atomic E-state index is 12.6. The Bertz CT molecular complexity index is 867. The molecule has 0 unspecified atom stereocenters. The molecule has 154 valence electrons. The van der Waals surface area contributed by atoms with E-state index in [4.69, 9.17) is 14.2 Å². The molecule has 1 N–H and O–H groups in total. The van der Waals surface area contributed by atoms with Crippen LogP contribution in [0.4, 0.5) is 0 Å². The molecule has 0 radical (unpaired) electrons. The largest absolute Gasteiger partial charge is 0.493 e. The van der Waals surface area contributed by atoms with Crippen LogP contribution < -0.4 is 14.2 Å². The third-order valence-corrected chi connectivity index (χ3v) is 5.03. The summed E-state index contributed by atoms with van der Waals surface area (Å²) in [7, 11) is 0.795. The van der Waals surface area contributed by atoms with E-state index >= 15 is 0 Å². The van der Waals surface area contributed by atoms with Gasteiger partial charge in [0, 0.05) is 18.7 Å². The number of nitrogens with zero attached hydrogens (tertiary/aromatic N) is 1. The maximum Gasteiger partial charge on any atom is 0.328 e. The topological polar surface area (TPSA) is 111 Å². The molecule has 1 saturated heterocycles. The zero-order valence-corrected chi connectivity index (χ0v) is 17.0. The van der Waals surface area contributed by atoms with Crippen molar-refractivity contribution < 1.29 is 32.2 Å². The first-order valence-electron chi connectivity index (χ1n) is 8.44. The van der Waals surface area contributed by atoms with Gasteiger partial charge in [-0.3, -0.25) is 4.79 Å². The van der Waals surface area contributed by atoms with Crippen LogP contribution in [-0.4, -0.2) is 71.4 Å². The van der Waals surface area contributed by atoms with E-state index in [2.05, 4.69) is 4.72 Å². The zero-order chi connectivity index (χ0) is 20.9. The molecule has 0 aliphatic carbocycles. The number of hydrogen-bond donors (Lipinski definition) is 1. The summed E-state index contributed by atoms with van der Waals surface area (Å²) in [4.78, 5) is 26.0. The SMILES string of the molecule is COC(=O)[C@@H]1C[C@H](NS(C)(=O)=O)CN1C(=O)/C=C/c1ccc(OC)c(OC)c1. The van der Waals surface area contributed by atoms with Crippen LogP contribution in [-0.2, 0) is 24.3 Å². The third-order valence-electron chi connectivity index (χ3n) is 4.26. The Labute approximate surface area is 164 Å². The van der Waals surface area contributed by atoms with Crippen molar-refractivity contribution in [3.63, 3.8) is 0 Å². The van der Waals surface area contributed by atoms with Gasteiger partial charge in [0.2, 0.25) is 15.9 Å². The highest BCUT2D eigenvalue weighted by molar-refractivity contribution is 7.88. The van der Waals surface area contributed by atoms with E-state index in [0.717, 1.165) is 6.26 Å². The second-order valence-electron chi connectivity index (χ2n) is 6.30. The number of ether oxygens (including phenoxy) is 3. The van der Waals surface area contributed by atoms with Crippen molar-refractivity contribution in [1.29, 1.82) is 0 Å². The molecular formula is C18H24N2O7S. The Kier molecular flexibility index (Phi) is 7.03. The Balaban J connectivity index is 2.18. The highest BCUT2D eigenvalue weighted by Gasteiger charge is 2.40. The smallest absolute Gasteiger partial charge is 0.328 e. The van der Waals surface area contributed by atoms with Crippen molar-refractivity contribution >= 4 is 28.0 Å². The quantitative estimate of drug-likeness (QED) is 0.510. The fourth-order valence-electron chi connectivity index (χ4n) is 3.05. The van der Waals surface area contributed by atoms with E-state index in [-0.39, 0.29) is 13.0 Å². The molecular weight excluding hydrogens is 388 g/mol. The molecule has 1 aromatic carbocycles. The number of likely N-dealkylation sites (tertiary alicyclic amines) is 1. The summed E-state index contributed by atoms with van der Waals surface area (Å²) < 4.78 is 40.5. The highest BCUT2D eigenvalue weighted by Crippen LogP contribution is 2.28. The Hall–Kier alpha value is -2.59. The summed E-state index contributed by atoms with van der Waals surface area (Å²) in [6.07, 6.45) is 4.08. The van der Waals surface area contributed by atoms with Gasteiger partial charge in [-0.1, -0.05) is 6.07 Å². The second kappa shape index (κ2) is 9.07. The highest BCUT2D eigenvalue weighted by atomic mass is 32.2. The molecule has 1 heterocycles. The lowest BCUT2D eigenvalue weighted by Gasteiger charge is -2.20. The van der Waals surface area contributed by atoms with E-state index in [1.54, 1.807) is 24.3 Å². The minimum atomic E-state index is -3.47. The number of methoxy groups -OCH3 is 3. The molecule has 28 heavy (non-hydrogen) atoms. The number of benzene rings is 1. The minimum Gasteiger partial charge on any atom is -0.493 e. The molecule has 10 heteroatoms. The second-order valence-corrected chi connectivity index (χ2v) is 8.08. The standard InChI is InChI=1S/C18H24N2O7S/c1-25-15-7-5-12(9-16(15)26-2)6-8-17(21)20-11-13(19-28(4,23)24)10-14(20)18(22)27-3/h5-9,13-14,19H,10-11H2,1-4H3/b8-6+/t13-,14-/m0/s1.